The molecule has 122 valence electrons. The van der Waals surface area contributed by atoms with Crippen LogP contribution in [0.25, 0.3) is 0 Å². The lowest BCUT2D eigenvalue weighted by Crippen LogP contribution is -2.31. The second kappa shape index (κ2) is 9.05. The Balaban J connectivity index is 2.90. The summed E-state index contributed by atoms with van der Waals surface area (Å²) in [6.07, 6.45) is 2.28. The zero-order valence-electron chi connectivity index (χ0n) is 14.3. The average molecular weight is 296 g/mol. The van der Waals surface area contributed by atoms with E-state index in [-0.39, 0.29) is 6.61 Å². The molecule has 0 aromatic carbocycles. The Hall–Kier alpha value is -1.07. The minimum absolute atomic E-state index is 0.173. The molecule has 0 aliphatic heterocycles. The summed E-state index contributed by atoms with van der Waals surface area (Å²) in [7, 11) is 1.99. The first kappa shape index (κ1) is 18.0. The van der Waals surface area contributed by atoms with Crippen molar-refractivity contribution < 1.29 is 5.11 Å². The van der Waals surface area contributed by atoms with Crippen molar-refractivity contribution in [3.05, 3.63) is 11.3 Å². The van der Waals surface area contributed by atoms with E-state index < -0.39 is 0 Å². The van der Waals surface area contributed by atoms with Crippen molar-refractivity contribution in [1.29, 1.82) is 0 Å². The third-order valence-corrected chi connectivity index (χ3v) is 3.62. The van der Waals surface area contributed by atoms with Gasteiger partial charge in [0.25, 0.3) is 0 Å². The number of hydrogen-bond acceptors (Lipinski definition) is 4. The van der Waals surface area contributed by atoms with Gasteiger partial charge in [-0.25, -0.2) is 0 Å². The fraction of sp³-hybridized carbons (Fsp3) is 0.812. The molecule has 0 unspecified atom stereocenters. The van der Waals surface area contributed by atoms with Crippen molar-refractivity contribution in [1.82, 2.24) is 15.1 Å². The van der Waals surface area contributed by atoms with E-state index in [4.69, 9.17) is 0 Å². The Bertz CT molecular complexity index is 415. The Morgan fingerprint density at radius 1 is 1.33 bits per heavy atom. The molecule has 0 spiro atoms. The minimum Gasteiger partial charge on any atom is -0.395 e. The molecule has 0 aliphatic rings. The van der Waals surface area contributed by atoms with E-state index in [2.05, 4.69) is 43.0 Å². The largest absolute Gasteiger partial charge is 0.395 e. The van der Waals surface area contributed by atoms with Crippen LogP contribution in [0.4, 0.5) is 5.82 Å². The van der Waals surface area contributed by atoms with Crippen molar-refractivity contribution in [3.8, 4) is 0 Å². The van der Waals surface area contributed by atoms with E-state index in [1.54, 1.807) is 0 Å². The number of aromatic nitrogens is 2. The van der Waals surface area contributed by atoms with Crippen LogP contribution in [0.5, 0.6) is 0 Å². The summed E-state index contributed by atoms with van der Waals surface area (Å²) in [5.41, 5.74) is 2.32. The summed E-state index contributed by atoms with van der Waals surface area (Å²) in [6.45, 7) is 12.3. The van der Waals surface area contributed by atoms with E-state index in [1.165, 1.54) is 5.56 Å². The summed E-state index contributed by atoms with van der Waals surface area (Å²) in [5.74, 6) is 1.78. The van der Waals surface area contributed by atoms with Crippen LogP contribution in [0.15, 0.2) is 0 Å². The molecule has 0 bridgehead atoms. The zero-order chi connectivity index (χ0) is 15.8. The Kier molecular flexibility index (Phi) is 7.75. The lowest BCUT2D eigenvalue weighted by atomic mass is 10.2. The zero-order valence-corrected chi connectivity index (χ0v) is 14.3. The van der Waals surface area contributed by atoms with Gasteiger partial charge >= 0.3 is 0 Å². The van der Waals surface area contributed by atoms with E-state index in [9.17, 15) is 5.11 Å². The normalized spacial score (nSPS) is 11.4. The van der Waals surface area contributed by atoms with Crippen molar-refractivity contribution >= 4 is 5.82 Å². The number of rotatable bonds is 10. The highest BCUT2D eigenvalue weighted by Gasteiger charge is 2.18. The third-order valence-electron chi connectivity index (χ3n) is 3.62. The predicted octanol–water partition coefficient (Wildman–Crippen LogP) is 2.07. The number of nitrogens with zero attached hydrogens (tertiary/aromatic N) is 3. The topological polar surface area (TPSA) is 53.3 Å². The molecule has 1 rings (SSSR count). The second-order valence-corrected chi connectivity index (χ2v) is 6.10. The Morgan fingerprint density at radius 2 is 2.05 bits per heavy atom. The van der Waals surface area contributed by atoms with Crippen LogP contribution >= 0.6 is 0 Å². The van der Waals surface area contributed by atoms with E-state index in [0.29, 0.717) is 12.5 Å². The maximum atomic E-state index is 9.35. The molecule has 0 atom stereocenters. The average Bonchev–Trinajstić information content (AvgIpc) is 2.69. The van der Waals surface area contributed by atoms with Crippen LogP contribution in [-0.2, 0) is 13.6 Å². The van der Waals surface area contributed by atoms with Gasteiger partial charge < -0.3 is 15.3 Å². The van der Waals surface area contributed by atoms with Crippen LogP contribution < -0.4 is 10.2 Å². The Labute approximate surface area is 129 Å². The highest BCUT2D eigenvalue weighted by molar-refractivity contribution is 5.50. The highest BCUT2D eigenvalue weighted by Crippen LogP contribution is 2.23. The van der Waals surface area contributed by atoms with E-state index in [0.717, 1.165) is 44.0 Å². The molecule has 5 nitrogen and oxygen atoms in total. The maximum absolute atomic E-state index is 9.35. The van der Waals surface area contributed by atoms with Gasteiger partial charge in [-0.1, -0.05) is 27.2 Å². The van der Waals surface area contributed by atoms with Gasteiger partial charge in [0.1, 0.15) is 5.82 Å². The first-order chi connectivity index (χ1) is 10.0. The summed E-state index contributed by atoms with van der Waals surface area (Å²) in [4.78, 5) is 2.26. The molecule has 21 heavy (non-hydrogen) atoms. The first-order valence-corrected chi connectivity index (χ1v) is 8.10. The number of nitrogens with one attached hydrogen (secondary N) is 1. The molecule has 0 fully saturated rings. The number of anilines is 1. The van der Waals surface area contributed by atoms with Crippen molar-refractivity contribution in [3.63, 3.8) is 0 Å². The molecule has 1 aromatic heterocycles. The van der Waals surface area contributed by atoms with E-state index in [1.807, 2.05) is 11.7 Å². The number of hydrogen-bond donors (Lipinski definition) is 2. The molecular weight excluding hydrogens is 264 g/mol. The predicted molar refractivity (Wildman–Crippen MR) is 88.7 cm³/mol. The number of unbranched alkanes of at least 4 members (excludes halogenated alkanes) is 1. The molecule has 1 aromatic rings. The summed E-state index contributed by atoms with van der Waals surface area (Å²) >= 11 is 0. The van der Waals surface area contributed by atoms with Crippen molar-refractivity contribution in [2.75, 3.05) is 31.1 Å². The molecular formula is C16H32N4O. The van der Waals surface area contributed by atoms with Crippen molar-refractivity contribution in [2.24, 2.45) is 13.0 Å². The number of aliphatic hydroxyl groups excluding tert-OH is 1. The SMILES string of the molecule is CCCCN(CCO)c1c(CNCC(C)C)c(C)nn1C. The lowest BCUT2D eigenvalue weighted by molar-refractivity contribution is 0.300. The fourth-order valence-electron chi connectivity index (χ4n) is 2.57. The minimum atomic E-state index is 0.173. The smallest absolute Gasteiger partial charge is 0.131 e. The Morgan fingerprint density at radius 3 is 2.62 bits per heavy atom. The maximum Gasteiger partial charge on any atom is 0.131 e. The quantitative estimate of drug-likeness (QED) is 0.694. The monoisotopic (exact) mass is 296 g/mol. The molecule has 0 saturated carbocycles. The standard InChI is InChI=1S/C16H32N4O/c1-6-7-8-20(9-10-21)16-15(12-17-11-13(2)3)14(4)18-19(16)5/h13,17,21H,6-12H2,1-5H3. The molecule has 1 heterocycles. The second-order valence-electron chi connectivity index (χ2n) is 6.10. The summed E-state index contributed by atoms with van der Waals surface area (Å²) in [6, 6.07) is 0. The molecule has 0 aliphatic carbocycles. The van der Waals surface area contributed by atoms with Gasteiger partial charge in [0, 0.05) is 32.2 Å². The number of aliphatic hydroxyl groups is 1. The van der Waals surface area contributed by atoms with Gasteiger partial charge in [0.2, 0.25) is 0 Å². The molecule has 0 amide bonds. The van der Waals surface area contributed by atoms with E-state index >= 15 is 0 Å². The lowest BCUT2D eigenvalue weighted by Gasteiger charge is -2.25. The molecule has 0 radical (unpaired) electrons. The summed E-state index contributed by atoms with van der Waals surface area (Å²) in [5, 5.41) is 17.4. The molecule has 2 N–H and O–H groups in total. The third kappa shape index (κ3) is 5.32. The van der Waals surface area contributed by atoms with Gasteiger partial charge in [0.15, 0.2) is 0 Å². The fourth-order valence-corrected chi connectivity index (χ4v) is 2.57. The van der Waals surface area contributed by atoms with Crippen molar-refractivity contribution in [2.45, 2.75) is 47.1 Å². The van der Waals surface area contributed by atoms with Gasteiger partial charge in [-0.15, -0.1) is 0 Å². The summed E-state index contributed by atoms with van der Waals surface area (Å²) < 4.78 is 1.95. The molecule has 5 heteroatoms. The van der Waals surface area contributed by atoms with Crippen LogP contribution in [0.1, 0.15) is 44.9 Å². The van der Waals surface area contributed by atoms with Gasteiger partial charge in [-0.2, -0.15) is 5.10 Å². The van der Waals surface area contributed by atoms with Gasteiger partial charge in [-0.3, -0.25) is 4.68 Å². The molecule has 0 saturated heterocycles. The highest BCUT2D eigenvalue weighted by atomic mass is 16.3. The first-order valence-electron chi connectivity index (χ1n) is 8.10. The van der Waals surface area contributed by atoms with Gasteiger partial charge in [0.05, 0.1) is 12.3 Å². The van der Waals surface area contributed by atoms with Crippen LogP contribution in [-0.4, -0.2) is 41.1 Å². The van der Waals surface area contributed by atoms with Crippen LogP contribution in [0, 0.1) is 12.8 Å². The number of aryl methyl sites for hydroxylation is 2. The van der Waals surface area contributed by atoms with Gasteiger partial charge in [-0.05, 0) is 25.8 Å². The van der Waals surface area contributed by atoms with Crippen LogP contribution in [0.2, 0.25) is 0 Å². The van der Waals surface area contributed by atoms with Crippen LogP contribution in [0.3, 0.4) is 0 Å².